The largest absolute Gasteiger partial charge is 0.502 e. The van der Waals surface area contributed by atoms with Gasteiger partial charge in [0.15, 0.2) is 0 Å². The van der Waals surface area contributed by atoms with Crippen molar-refractivity contribution in [2.75, 3.05) is 13.2 Å². The minimum atomic E-state index is -2.26. The average Bonchev–Trinajstić information content (AvgIpc) is 3.32. The summed E-state index contributed by atoms with van der Waals surface area (Å²) in [6, 6.07) is 8.78. The maximum absolute atomic E-state index is 6.09. The summed E-state index contributed by atoms with van der Waals surface area (Å²) in [7, 11) is -2.26. The van der Waals surface area contributed by atoms with Gasteiger partial charge >= 0.3 is 0 Å². The van der Waals surface area contributed by atoms with E-state index in [-0.39, 0.29) is 0 Å². The molecule has 0 radical (unpaired) electrons. The molecule has 108 valence electrons. The lowest BCUT2D eigenvalue weighted by Gasteiger charge is -2.30. The number of hydrogen-bond donors (Lipinski definition) is 0. The number of rotatable bonds is 4. The van der Waals surface area contributed by atoms with Gasteiger partial charge in [-0.2, -0.15) is 22.7 Å². The van der Waals surface area contributed by atoms with Crippen LogP contribution in [0.4, 0.5) is 0 Å². The van der Waals surface area contributed by atoms with Gasteiger partial charge < -0.3 is 9.47 Å². The molecule has 4 heterocycles. The first-order valence-corrected chi connectivity index (χ1v) is 10.9. The molecule has 0 fully saturated rings. The van der Waals surface area contributed by atoms with Crippen molar-refractivity contribution in [1.29, 1.82) is 0 Å². The summed E-state index contributed by atoms with van der Waals surface area (Å²) in [4.78, 5) is 0. The standard InChI is InChI=1S/C16H16O2S2Si/c1-5-13(17-9-1)21(14-6-2-10-18-14,15-7-3-11-19-15)16-8-4-12-20-16/h3-8,11-12H,1-2,9-10H2. The minimum Gasteiger partial charge on any atom is -0.502 e. The predicted molar refractivity (Wildman–Crippen MR) is 91.0 cm³/mol. The monoisotopic (exact) mass is 332 g/mol. The fraction of sp³-hybridized carbons (Fsp3) is 0.250. The smallest absolute Gasteiger partial charge is 0.282 e. The molecule has 21 heavy (non-hydrogen) atoms. The van der Waals surface area contributed by atoms with Crippen LogP contribution in [0.3, 0.4) is 0 Å². The van der Waals surface area contributed by atoms with Crippen molar-refractivity contribution in [2.45, 2.75) is 12.8 Å². The van der Waals surface area contributed by atoms with Gasteiger partial charge in [0.05, 0.1) is 24.0 Å². The second-order valence-electron chi connectivity index (χ2n) is 5.12. The highest BCUT2D eigenvalue weighted by Gasteiger charge is 2.52. The zero-order valence-corrected chi connectivity index (χ0v) is 14.2. The molecule has 0 saturated heterocycles. The topological polar surface area (TPSA) is 18.5 Å². The van der Waals surface area contributed by atoms with Crippen LogP contribution in [0.2, 0.25) is 0 Å². The van der Waals surface area contributed by atoms with Gasteiger partial charge in [0.2, 0.25) is 0 Å². The molecule has 2 aromatic rings. The van der Waals surface area contributed by atoms with Gasteiger partial charge in [0.1, 0.15) is 0 Å². The lowest BCUT2D eigenvalue weighted by molar-refractivity contribution is 0.250. The van der Waals surface area contributed by atoms with Gasteiger partial charge in [-0.15, -0.1) is 0 Å². The molecule has 2 aliphatic heterocycles. The first-order valence-electron chi connectivity index (χ1n) is 7.17. The Morgan fingerprint density at radius 1 is 0.810 bits per heavy atom. The van der Waals surface area contributed by atoms with E-state index in [4.69, 9.17) is 9.47 Å². The summed E-state index contributed by atoms with van der Waals surface area (Å²) < 4.78 is 15.0. The van der Waals surface area contributed by atoms with Crippen LogP contribution in [-0.2, 0) is 9.47 Å². The second-order valence-corrected chi connectivity index (χ2v) is 11.3. The summed E-state index contributed by atoms with van der Waals surface area (Å²) in [5.41, 5.74) is 0. The van der Waals surface area contributed by atoms with Gasteiger partial charge in [-0.1, -0.05) is 24.3 Å². The van der Waals surface area contributed by atoms with Gasteiger partial charge in [-0.25, -0.2) is 0 Å². The lowest BCUT2D eigenvalue weighted by atomic mass is 10.5. The molecule has 0 aromatic carbocycles. The van der Waals surface area contributed by atoms with Crippen LogP contribution in [0.25, 0.3) is 0 Å². The zero-order valence-electron chi connectivity index (χ0n) is 11.6. The maximum Gasteiger partial charge on any atom is 0.282 e. The normalized spacial score (nSPS) is 18.1. The molecule has 0 aliphatic carbocycles. The first kappa shape index (κ1) is 13.4. The van der Waals surface area contributed by atoms with Crippen molar-refractivity contribution in [1.82, 2.24) is 0 Å². The molecule has 0 saturated carbocycles. The van der Waals surface area contributed by atoms with Crippen molar-refractivity contribution in [3.8, 4) is 0 Å². The van der Waals surface area contributed by atoms with E-state index in [1.807, 2.05) is 22.7 Å². The van der Waals surface area contributed by atoms with Gasteiger partial charge in [-0.05, 0) is 22.9 Å². The van der Waals surface area contributed by atoms with Crippen LogP contribution < -0.4 is 9.00 Å². The molecule has 2 aromatic heterocycles. The van der Waals surface area contributed by atoms with Crippen LogP contribution in [0, 0.1) is 0 Å². The van der Waals surface area contributed by atoms with Crippen molar-refractivity contribution >= 4 is 39.7 Å². The van der Waals surface area contributed by atoms with Gasteiger partial charge in [-0.3, -0.25) is 0 Å². The van der Waals surface area contributed by atoms with Gasteiger partial charge in [0, 0.05) is 21.8 Å². The summed E-state index contributed by atoms with van der Waals surface area (Å²) in [6.45, 7) is 1.60. The molecule has 0 amide bonds. The highest BCUT2D eigenvalue weighted by atomic mass is 32.1. The van der Waals surface area contributed by atoms with Crippen LogP contribution in [0.1, 0.15) is 12.8 Å². The Hall–Kier alpha value is -1.30. The Bertz CT molecular complexity index is 611. The van der Waals surface area contributed by atoms with Crippen molar-refractivity contribution < 1.29 is 9.47 Å². The van der Waals surface area contributed by atoms with Crippen LogP contribution in [-0.4, -0.2) is 21.3 Å². The summed E-state index contributed by atoms with van der Waals surface area (Å²) in [5.74, 6) is 0. The third-order valence-electron chi connectivity index (χ3n) is 3.93. The highest BCUT2D eigenvalue weighted by molar-refractivity contribution is 7.39. The van der Waals surface area contributed by atoms with E-state index < -0.39 is 8.07 Å². The average molecular weight is 333 g/mol. The van der Waals surface area contributed by atoms with Crippen LogP contribution in [0.5, 0.6) is 0 Å². The lowest BCUT2D eigenvalue weighted by Crippen LogP contribution is -2.60. The molecule has 0 spiro atoms. The van der Waals surface area contributed by atoms with Gasteiger partial charge in [0.25, 0.3) is 8.07 Å². The Labute approximate surface area is 133 Å². The Balaban J connectivity index is 1.99. The second kappa shape index (κ2) is 5.48. The summed E-state index contributed by atoms with van der Waals surface area (Å²) in [6.07, 6.45) is 6.59. The molecule has 4 rings (SSSR count). The Morgan fingerprint density at radius 2 is 1.33 bits per heavy atom. The maximum atomic E-state index is 6.09. The zero-order chi connectivity index (χ0) is 14.1. The summed E-state index contributed by atoms with van der Waals surface area (Å²) in [5, 5.41) is 6.66. The SMILES string of the molecule is C1=C([Si](C2=CCCO2)(c2cccs2)c2cccs2)OCC1. The van der Waals surface area contributed by atoms with Crippen molar-refractivity contribution in [2.24, 2.45) is 0 Å². The van der Waals surface area contributed by atoms with E-state index in [1.54, 1.807) is 0 Å². The molecule has 5 heteroatoms. The molecule has 0 atom stereocenters. The molecule has 2 aliphatic rings. The number of hydrogen-bond acceptors (Lipinski definition) is 4. The number of thiophene rings is 2. The van der Waals surface area contributed by atoms with E-state index in [0.29, 0.717) is 0 Å². The minimum absolute atomic E-state index is 0.800. The fourth-order valence-corrected chi connectivity index (χ4v) is 11.6. The Kier molecular flexibility index (Phi) is 3.49. The molecule has 2 nitrogen and oxygen atoms in total. The van der Waals surface area contributed by atoms with E-state index in [9.17, 15) is 0 Å². The molecular formula is C16H16O2S2Si. The highest BCUT2D eigenvalue weighted by Crippen LogP contribution is 2.33. The van der Waals surface area contributed by atoms with E-state index in [1.165, 1.54) is 19.8 Å². The number of ether oxygens (including phenoxy) is 2. The van der Waals surface area contributed by atoms with E-state index in [2.05, 4.69) is 47.2 Å². The first-order chi connectivity index (χ1) is 10.4. The van der Waals surface area contributed by atoms with Crippen molar-refractivity contribution in [3.63, 3.8) is 0 Å². The third kappa shape index (κ3) is 2.03. The fourth-order valence-electron chi connectivity index (χ4n) is 3.07. The van der Waals surface area contributed by atoms with Crippen LogP contribution >= 0.6 is 22.7 Å². The van der Waals surface area contributed by atoms with Crippen molar-refractivity contribution in [3.05, 3.63) is 57.9 Å². The van der Waals surface area contributed by atoms with Crippen LogP contribution in [0.15, 0.2) is 57.9 Å². The summed E-state index contributed by atoms with van der Waals surface area (Å²) >= 11 is 3.66. The molecule has 0 N–H and O–H groups in total. The molecule has 0 unspecified atom stereocenters. The molecule has 0 bridgehead atoms. The third-order valence-corrected chi connectivity index (χ3v) is 11.8. The predicted octanol–water partition coefficient (Wildman–Crippen LogP) is 3.06. The quantitative estimate of drug-likeness (QED) is 0.801. The van der Waals surface area contributed by atoms with E-state index in [0.717, 1.165) is 26.1 Å². The Morgan fingerprint density at radius 3 is 1.67 bits per heavy atom. The molecular weight excluding hydrogens is 316 g/mol. The van der Waals surface area contributed by atoms with E-state index >= 15 is 0 Å².